The quantitative estimate of drug-likeness (QED) is 0.354. The van der Waals surface area contributed by atoms with Crippen LogP contribution in [-0.4, -0.2) is 79.5 Å². The largest absolute Gasteiger partial charge is 0.497 e. The van der Waals surface area contributed by atoms with Crippen molar-refractivity contribution < 1.29 is 19.4 Å². The average Bonchev–Trinajstić information content (AvgIpc) is 2.93. The topological polar surface area (TPSA) is 99.2 Å². The standard InChI is InChI=1S/C29H37N5O4/c1-21(2)38-27-9-5-4-8-26(27)34-17-15-33(16-18-34)20-23(35)19-31-29(36)25-7-6-14-30-28(25)32-22-10-12-24(37-3)13-11-22/h4-14,21,23,35H,15-20H2,1-3H3,(H,30,32)(H,31,36). The summed E-state index contributed by atoms with van der Waals surface area (Å²) < 4.78 is 11.2. The SMILES string of the molecule is COc1ccc(Nc2ncccc2C(=O)NCC(O)CN2CCN(c3ccccc3OC(C)C)CC2)cc1. The molecule has 0 saturated carbocycles. The summed E-state index contributed by atoms with van der Waals surface area (Å²) >= 11 is 0. The number of nitrogens with zero attached hydrogens (tertiary/aromatic N) is 3. The van der Waals surface area contributed by atoms with E-state index in [4.69, 9.17) is 9.47 Å². The normalized spacial score (nSPS) is 14.7. The zero-order valence-corrected chi connectivity index (χ0v) is 22.3. The fraction of sp³-hybridized carbons (Fsp3) is 0.379. The van der Waals surface area contributed by atoms with Gasteiger partial charge in [-0.2, -0.15) is 0 Å². The molecular weight excluding hydrogens is 482 g/mol. The number of pyridine rings is 1. The number of hydrogen-bond acceptors (Lipinski definition) is 8. The number of methoxy groups -OCH3 is 1. The number of aliphatic hydroxyl groups is 1. The predicted octanol–water partition coefficient (Wildman–Crippen LogP) is 3.53. The van der Waals surface area contributed by atoms with Crippen LogP contribution >= 0.6 is 0 Å². The lowest BCUT2D eigenvalue weighted by molar-refractivity contribution is 0.0852. The zero-order chi connectivity index (χ0) is 26.9. The number of amides is 1. The highest BCUT2D eigenvalue weighted by Gasteiger charge is 2.22. The van der Waals surface area contributed by atoms with Gasteiger partial charge in [0.25, 0.3) is 5.91 Å². The Morgan fingerprint density at radius 1 is 1.03 bits per heavy atom. The molecule has 9 nitrogen and oxygen atoms in total. The molecule has 202 valence electrons. The summed E-state index contributed by atoms with van der Waals surface area (Å²) in [4.78, 5) is 21.8. The molecule has 0 bridgehead atoms. The second kappa shape index (κ2) is 13.1. The minimum absolute atomic E-state index is 0.115. The highest BCUT2D eigenvalue weighted by Crippen LogP contribution is 2.29. The van der Waals surface area contributed by atoms with E-state index < -0.39 is 6.10 Å². The first-order valence-corrected chi connectivity index (χ1v) is 13.0. The summed E-state index contributed by atoms with van der Waals surface area (Å²) in [6.07, 6.45) is 1.06. The van der Waals surface area contributed by atoms with Gasteiger partial charge < -0.3 is 30.1 Å². The molecule has 3 aromatic rings. The first kappa shape index (κ1) is 27.2. The predicted molar refractivity (Wildman–Crippen MR) is 150 cm³/mol. The molecule has 1 unspecified atom stereocenters. The molecule has 1 atom stereocenters. The van der Waals surface area contributed by atoms with E-state index in [1.54, 1.807) is 25.4 Å². The van der Waals surface area contributed by atoms with E-state index >= 15 is 0 Å². The maximum Gasteiger partial charge on any atom is 0.255 e. The van der Waals surface area contributed by atoms with Crippen LogP contribution in [0.2, 0.25) is 0 Å². The Hall–Kier alpha value is -3.82. The number of benzene rings is 2. The number of carbonyl (C=O) groups excluding carboxylic acids is 1. The fourth-order valence-electron chi connectivity index (χ4n) is 4.41. The van der Waals surface area contributed by atoms with Crippen molar-refractivity contribution in [1.82, 2.24) is 15.2 Å². The van der Waals surface area contributed by atoms with Crippen LogP contribution in [0.3, 0.4) is 0 Å². The third-order valence-corrected chi connectivity index (χ3v) is 6.31. The number of anilines is 3. The number of para-hydroxylation sites is 2. The van der Waals surface area contributed by atoms with E-state index in [1.807, 2.05) is 56.3 Å². The highest BCUT2D eigenvalue weighted by molar-refractivity contribution is 5.99. The Bertz CT molecular complexity index is 1180. The van der Waals surface area contributed by atoms with Gasteiger partial charge in [0.15, 0.2) is 0 Å². The van der Waals surface area contributed by atoms with Crippen molar-refractivity contribution in [3.05, 3.63) is 72.4 Å². The van der Waals surface area contributed by atoms with Gasteiger partial charge in [-0.25, -0.2) is 4.98 Å². The molecule has 38 heavy (non-hydrogen) atoms. The van der Waals surface area contributed by atoms with E-state index in [2.05, 4.69) is 31.5 Å². The van der Waals surface area contributed by atoms with Crippen molar-refractivity contribution >= 4 is 23.1 Å². The molecule has 0 radical (unpaired) electrons. The number of aliphatic hydroxyl groups excluding tert-OH is 1. The smallest absolute Gasteiger partial charge is 0.255 e. The summed E-state index contributed by atoms with van der Waals surface area (Å²) in [6, 6.07) is 18.9. The highest BCUT2D eigenvalue weighted by atomic mass is 16.5. The lowest BCUT2D eigenvalue weighted by atomic mass is 10.2. The van der Waals surface area contributed by atoms with Gasteiger partial charge in [0.2, 0.25) is 0 Å². The third kappa shape index (κ3) is 7.36. The zero-order valence-electron chi connectivity index (χ0n) is 22.3. The lowest BCUT2D eigenvalue weighted by Gasteiger charge is -2.37. The second-order valence-electron chi connectivity index (χ2n) is 9.54. The van der Waals surface area contributed by atoms with E-state index in [1.165, 1.54) is 0 Å². The number of aromatic nitrogens is 1. The summed E-state index contributed by atoms with van der Waals surface area (Å²) in [7, 11) is 1.61. The van der Waals surface area contributed by atoms with Gasteiger partial charge in [-0.3, -0.25) is 9.69 Å². The van der Waals surface area contributed by atoms with Crippen LogP contribution in [0, 0.1) is 0 Å². The van der Waals surface area contributed by atoms with E-state index in [-0.39, 0.29) is 18.6 Å². The van der Waals surface area contributed by atoms with Crippen LogP contribution in [0.5, 0.6) is 11.5 Å². The number of β-amino-alcohol motifs (C(OH)–C–C–N with tert-alkyl or cyclic N) is 1. The molecule has 2 heterocycles. The number of rotatable bonds is 11. The Morgan fingerprint density at radius 2 is 1.76 bits per heavy atom. The minimum Gasteiger partial charge on any atom is -0.497 e. The van der Waals surface area contributed by atoms with Gasteiger partial charge in [0, 0.05) is 51.2 Å². The number of hydrogen-bond donors (Lipinski definition) is 3. The van der Waals surface area contributed by atoms with Crippen molar-refractivity contribution in [2.75, 3.05) is 56.6 Å². The van der Waals surface area contributed by atoms with Crippen LogP contribution in [0.15, 0.2) is 66.9 Å². The summed E-state index contributed by atoms with van der Waals surface area (Å²) in [6.45, 7) is 8.02. The number of nitrogens with one attached hydrogen (secondary N) is 2. The number of ether oxygens (including phenoxy) is 2. The van der Waals surface area contributed by atoms with Crippen molar-refractivity contribution in [2.24, 2.45) is 0 Å². The van der Waals surface area contributed by atoms with Crippen LogP contribution < -0.4 is 25.0 Å². The summed E-state index contributed by atoms with van der Waals surface area (Å²) in [5, 5.41) is 16.7. The molecule has 3 N–H and O–H groups in total. The first-order valence-electron chi connectivity index (χ1n) is 13.0. The van der Waals surface area contributed by atoms with Crippen LogP contribution in [0.4, 0.5) is 17.2 Å². The minimum atomic E-state index is -0.684. The van der Waals surface area contributed by atoms with Crippen LogP contribution in [-0.2, 0) is 0 Å². The molecule has 4 rings (SSSR count). The van der Waals surface area contributed by atoms with Gasteiger partial charge >= 0.3 is 0 Å². The van der Waals surface area contributed by atoms with Gasteiger partial charge in [0.1, 0.15) is 17.3 Å². The maximum atomic E-state index is 12.9. The third-order valence-electron chi connectivity index (χ3n) is 6.31. The lowest BCUT2D eigenvalue weighted by Crippen LogP contribution is -2.50. The molecule has 1 fully saturated rings. The molecule has 1 aliphatic rings. The maximum absolute atomic E-state index is 12.9. The summed E-state index contributed by atoms with van der Waals surface area (Å²) in [5.41, 5.74) is 2.30. The molecule has 0 aliphatic carbocycles. The number of piperazine rings is 1. The Balaban J connectivity index is 1.26. The van der Waals surface area contributed by atoms with Crippen LogP contribution in [0.25, 0.3) is 0 Å². The van der Waals surface area contributed by atoms with E-state index in [0.717, 1.165) is 49.1 Å². The Morgan fingerprint density at radius 3 is 2.47 bits per heavy atom. The molecule has 1 aromatic heterocycles. The molecule has 9 heteroatoms. The first-order chi connectivity index (χ1) is 18.4. The second-order valence-corrected chi connectivity index (χ2v) is 9.54. The molecule has 1 saturated heterocycles. The molecule has 1 aliphatic heterocycles. The molecule has 2 aromatic carbocycles. The van der Waals surface area contributed by atoms with Gasteiger partial charge in [0.05, 0.1) is 30.6 Å². The molecule has 1 amide bonds. The fourth-order valence-corrected chi connectivity index (χ4v) is 4.41. The van der Waals surface area contributed by atoms with Crippen molar-refractivity contribution in [3.63, 3.8) is 0 Å². The van der Waals surface area contributed by atoms with Crippen molar-refractivity contribution in [1.29, 1.82) is 0 Å². The van der Waals surface area contributed by atoms with Crippen molar-refractivity contribution in [2.45, 2.75) is 26.1 Å². The number of carbonyl (C=O) groups is 1. The Kier molecular flexibility index (Phi) is 9.40. The van der Waals surface area contributed by atoms with E-state index in [0.29, 0.717) is 17.9 Å². The molecule has 0 spiro atoms. The van der Waals surface area contributed by atoms with Gasteiger partial charge in [-0.15, -0.1) is 0 Å². The Labute approximate surface area is 224 Å². The van der Waals surface area contributed by atoms with E-state index in [9.17, 15) is 9.90 Å². The van der Waals surface area contributed by atoms with Crippen molar-refractivity contribution in [3.8, 4) is 11.5 Å². The molecular formula is C29H37N5O4. The van der Waals surface area contributed by atoms with Gasteiger partial charge in [-0.05, 0) is 62.4 Å². The average molecular weight is 520 g/mol. The van der Waals surface area contributed by atoms with Gasteiger partial charge in [-0.1, -0.05) is 12.1 Å². The monoisotopic (exact) mass is 519 g/mol. The van der Waals surface area contributed by atoms with Crippen LogP contribution in [0.1, 0.15) is 24.2 Å². The summed E-state index contributed by atoms with van der Waals surface area (Å²) in [5.74, 6) is 1.80.